The topological polar surface area (TPSA) is 46.2 Å². The van der Waals surface area contributed by atoms with Gasteiger partial charge in [-0.3, -0.25) is 14.9 Å². The first-order chi connectivity index (χ1) is 5.91. The SMILES string of the molecule is CC(C)(C)C(=O)NC(=O)C1CCC1. The van der Waals surface area contributed by atoms with E-state index in [2.05, 4.69) is 5.32 Å². The van der Waals surface area contributed by atoms with E-state index in [0.717, 1.165) is 19.3 Å². The van der Waals surface area contributed by atoms with E-state index in [9.17, 15) is 9.59 Å². The third-order valence-corrected chi connectivity index (χ3v) is 2.39. The molecule has 0 aromatic carbocycles. The number of rotatable bonds is 1. The lowest BCUT2D eigenvalue weighted by molar-refractivity contribution is -0.138. The number of hydrogen-bond acceptors (Lipinski definition) is 2. The Hall–Kier alpha value is -0.860. The van der Waals surface area contributed by atoms with Crippen LogP contribution in [0.5, 0.6) is 0 Å². The maximum Gasteiger partial charge on any atom is 0.231 e. The summed E-state index contributed by atoms with van der Waals surface area (Å²) in [6.07, 6.45) is 2.98. The lowest BCUT2D eigenvalue weighted by Gasteiger charge is -2.25. The summed E-state index contributed by atoms with van der Waals surface area (Å²) < 4.78 is 0. The molecule has 74 valence electrons. The van der Waals surface area contributed by atoms with Crippen LogP contribution < -0.4 is 5.32 Å². The molecule has 0 aromatic rings. The Kier molecular flexibility index (Phi) is 2.74. The molecule has 1 fully saturated rings. The van der Waals surface area contributed by atoms with Gasteiger partial charge < -0.3 is 0 Å². The summed E-state index contributed by atoms with van der Waals surface area (Å²) in [5.41, 5.74) is -0.473. The molecule has 0 heterocycles. The highest BCUT2D eigenvalue weighted by Gasteiger charge is 2.29. The summed E-state index contributed by atoms with van der Waals surface area (Å²) in [6.45, 7) is 5.41. The van der Waals surface area contributed by atoms with Crippen molar-refractivity contribution in [3.63, 3.8) is 0 Å². The summed E-state index contributed by atoms with van der Waals surface area (Å²) in [4.78, 5) is 22.7. The van der Waals surface area contributed by atoms with E-state index in [1.165, 1.54) is 0 Å². The van der Waals surface area contributed by atoms with Crippen LogP contribution in [0.25, 0.3) is 0 Å². The quantitative estimate of drug-likeness (QED) is 0.669. The number of hydrogen-bond donors (Lipinski definition) is 1. The third kappa shape index (κ3) is 2.54. The predicted molar refractivity (Wildman–Crippen MR) is 49.9 cm³/mol. The van der Waals surface area contributed by atoms with Gasteiger partial charge in [0.05, 0.1) is 0 Å². The molecule has 0 saturated heterocycles. The molecule has 1 aliphatic rings. The van der Waals surface area contributed by atoms with E-state index < -0.39 is 5.41 Å². The summed E-state index contributed by atoms with van der Waals surface area (Å²) in [5.74, 6) is -0.179. The molecule has 0 radical (unpaired) electrons. The summed E-state index contributed by atoms with van der Waals surface area (Å²) >= 11 is 0. The fourth-order valence-corrected chi connectivity index (χ4v) is 1.07. The second kappa shape index (κ2) is 3.48. The number of carbonyl (C=O) groups is 2. The highest BCUT2D eigenvalue weighted by molar-refractivity contribution is 5.98. The van der Waals surface area contributed by atoms with Gasteiger partial charge in [-0.2, -0.15) is 0 Å². The summed E-state index contributed by atoms with van der Waals surface area (Å²) in [6, 6.07) is 0. The fraction of sp³-hybridized carbons (Fsp3) is 0.800. The van der Waals surface area contributed by atoms with Crippen molar-refractivity contribution in [2.24, 2.45) is 11.3 Å². The van der Waals surface area contributed by atoms with E-state index in [4.69, 9.17) is 0 Å². The van der Waals surface area contributed by atoms with Gasteiger partial charge in [0.15, 0.2) is 0 Å². The monoisotopic (exact) mass is 183 g/mol. The molecular formula is C10H17NO2. The highest BCUT2D eigenvalue weighted by Crippen LogP contribution is 2.26. The van der Waals surface area contributed by atoms with Gasteiger partial charge in [-0.15, -0.1) is 0 Å². The van der Waals surface area contributed by atoms with Crippen molar-refractivity contribution in [1.82, 2.24) is 5.32 Å². The number of imide groups is 1. The Labute approximate surface area is 78.9 Å². The van der Waals surface area contributed by atoms with Gasteiger partial charge in [-0.1, -0.05) is 27.2 Å². The van der Waals surface area contributed by atoms with Gasteiger partial charge >= 0.3 is 0 Å². The number of amides is 2. The highest BCUT2D eigenvalue weighted by atomic mass is 16.2. The number of nitrogens with one attached hydrogen (secondary N) is 1. The largest absolute Gasteiger partial charge is 0.296 e. The molecule has 3 nitrogen and oxygen atoms in total. The predicted octanol–water partition coefficient (Wildman–Crippen LogP) is 1.48. The van der Waals surface area contributed by atoms with Gasteiger partial charge in [0.2, 0.25) is 11.8 Å². The third-order valence-electron chi connectivity index (χ3n) is 2.39. The van der Waals surface area contributed by atoms with Crippen molar-refractivity contribution in [2.75, 3.05) is 0 Å². The first-order valence-corrected chi connectivity index (χ1v) is 4.76. The van der Waals surface area contributed by atoms with Gasteiger partial charge in [0.25, 0.3) is 0 Å². The first kappa shape index (κ1) is 10.2. The van der Waals surface area contributed by atoms with Crippen molar-refractivity contribution in [2.45, 2.75) is 40.0 Å². The van der Waals surface area contributed by atoms with Crippen molar-refractivity contribution in [1.29, 1.82) is 0 Å². The minimum Gasteiger partial charge on any atom is -0.296 e. The molecular weight excluding hydrogens is 166 g/mol. The van der Waals surface area contributed by atoms with Crippen molar-refractivity contribution in [3.8, 4) is 0 Å². The van der Waals surface area contributed by atoms with E-state index in [-0.39, 0.29) is 17.7 Å². The Balaban J connectivity index is 2.39. The zero-order valence-corrected chi connectivity index (χ0v) is 8.52. The Bertz CT molecular complexity index is 224. The standard InChI is InChI=1S/C10H17NO2/c1-10(2,3)9(13)11-8(12)7-5-4-6-7/h7H,4-6H2,1-3H3,(H,11,12,13). The van der Waals surface area contributed by atoms with Crippen LogP contribution in [0.15, 0.2) is 0 Å². The van der Waals surface area contributed by atoms with Crippen LogP contribution in [0.2, 0.25) is 0 Å². The lowest BCUT2D eigenvalue weighted by atomic mass is 9.84. The Morgan fingerprint density at radius 2 is 1.77 bits per heavy atom. The van der Waals surface area contributed by atoms with E-state index in [1.54, 1.807) is 20.8 Å². The Morgan fingerprint density at radius 3 is 2.08 bits per heavy atom. The maximum atomic E-state index is 11.4. The van der Waals surface area contributed by atoms with Crippen molar-refractivity contribution < 1.29 is 9.59 Å². The van der Waals surface area contributed by atoms with Crippen LogP contribution in [-0.4, -0.2) is 11.8 Å². The smallest absolute Gasteiger partial charge is 0.231 e. The van der Waals surface area contributed by atoms with Gasteiger partial charge in [-0.05, 0) is 12.8 Å². The normalized spacial score (nSPS) is 17.8. The minimum atomic E-state index is -0.473. The molecule has 1 N–H and O–H groups in total. The number of carbonyl (C=O) groups excluding carboxylic acids is 2. The van der Waals surface area contributed by atoms with Crippen LogP contribution in [0.1, 0.15) is 40.0 Å². The summed E-state index contributed by atoms with van der Waals surface area (Å²) in [7, 11) is 0. The van der Waals surface area contributed by atoms with E-state index >= 15 is 0 Å². The molecule has 1 rings (SSSR count). The Morgan fingerprint density at radius 1 is 1.23 bits per heavy atom. The molecule has 1 aliphatic carbocycles. The second-order valence-corrected chi connectivity index (χ2v) is 4.70. The van der Waals surface area contributed by atoms with Crippen LogP contribution in [0.3, 0.4) is 0 Å². The van der Waals surface area contributed by atoms with Crippen molar-refractivity contribution >= 4 is 11.8 Å². The van der Waals surface area contributed by atoms with Gasteiger partial charge in [-0.25, -0.2) is 0 Å². The van der Waals surface area contributed by atoms with Gasteiger partial charge in [0, 0.05) is 11.3 Å². The minimum absolute atomic E-state index is 0.0892. The maximum absolute atomic E-state index is 11.4. The van der Waals surface area contributed by atoms with Crippen molar-refractivity contribution in [3.05, 3.63) is 0 Å². The molecule has 1 saturated carbocycles. The average Bonchev–Trinajstić information content (AvgIpc) is 1.79. The fourth-order valence-electron chi connectivity index (χ4n) is 1.07. The van der Waals surface area contributed by atoms with Gasteiger partial charge in [0.1, 0.15) is 0 Å². The first-order valence-electron chi connectivity index (χ1n) is 4.76. The van der Waals surface area contributed by atoms with Crippen LogP contribution in [0.4, 0.5) is 0 Å². The molecule has 0 unspecified atom stereocenters. The molecule has 0 aliphatic heterocycles. The molecule has 13 heavy (non-hydrogen) atoms. The molecule has 0 bridgehead atoms. The zero-order valence-electron chi connectivity index (χ0n) is 8.52. The average molecular weight is 183 g/mol. The molecule has 0 atom stereocenters. The van der Waals surface area contributed by atoms with Crippen LogP contribution >= 0.6 is 0 Å². The molecule has 2 amide bonds. The zero-order chi connectivity index (χ0) is 10.1. The molecule has 3 heteroatoms. The van der Waals surface area contributed by atoms with Crippen LogP contribution in [0, 0.1) is 11.3 Å². The van der Waals surface area contributed by atoms with E-state index in [1.807, 2.05) is 0 Å². The van der Waals surface area contributed by atoms with E-state index in [0.29, 0.717) is 0 Å². The lowest BCUT2D eigenvalue weighted by Crippen LogP contribution is -2.43. The molecule has 0 aromatic heterocycles. The molecule has 0 spiro atoms. The summed E-state index contributed by atoms with van der Waals surface area (Å²) in [5, 5.41) is 2.44. The van der Waals surface area contributed by atoms with Crippen LogP contribution in [-0.2, 0) is 9.59 Å². The second-order valence-electron chi connectivity index (χ2n) is 4.70.